The van der Waals surface area contributed by atoms with E-state index in [1.54, 1.807) is 24.3 Å². The number of hydrogen-bond donors (Lipinski definition) is 1. The van der Waals surface area contributed by atoms with Crippen LogP contribution in [0.5, 0.6) is 17.4 Å². The lowest BCUT2D eigenvalue weighted by Crippen LogP contribution is -2.35. The molecule has 0 bridgehead atoms. The zero-order valence-corrected chi connectivity index (χ0v) is 20.8. The summed E-state index contributed by atoms with van der Waals surface area (Å²) in [5.74, 6) is -0.864. The molecule has 37 heavy (non-hydrogen) atoms. The fourth-order valence-corrected chi connectivity index (χ4v) is 4.81. The van der Waals surface area contributed by atoms with Gasteiger partial charge in [-0.3, -0.25) is 4.90 Å². The lowest BCUT2D eigenvalue weighted by Gasteiger charge is -2.27. The minimum atomic E-state index is -4.60. The first-order valence-electron chi connectivity index (χ1n) is 11.4. The van der Waals surface area contributed by atoms with E-state index in [4.69, 9.17) is 19.3 Å². The molecule has 0 aliphatic carbocycles. The van der Waals surface area contributed by atoms with E-state index in [9.17, 15) is 18.0 Å². The number of carboxylic acids is 1. The highest BCUT2D eigenvalue weighted by atomic mass is 32.2. The fourth-order valence-electron chi connectivity index (χ4n) is 3.78. The number of morpholine rings is 1. The van der Waals surface area contributed by atoms with E-state index in [0.29, 0.717) is 25.5 Å². The standard InChI is InChI=1S/C26H25F3N2O5S/c1-17-11-20(4-5-23(17)35-16-24(32)33)37-21-13-18(15-31-7-9-34-10-8-31)12-19(14-21)36-25-22(26(27,28)29)3-2-6-30-25/h2-6,11-14H,7-10,15-16H2,1H3,(H,32,33). The number of ether oxygens (including phenoxy) is 3. The van der Waals surface area contributed by atoms with Crippen LogP contribution < -0.4 is 9.47 Å². The third kappa shape index (κ3) is 7.61. The van der Waals surface area contributed by atoms with Crippen LogP contribution in [0, 0.1) is 6.92 Å². The summed E-state index contributed by atoms with van der Waals surface area (Å²) < 4.78 is 56.8. The van der Waals surface area contributed by atoms with Crippen molar-refractivity contribution < 1.29 is 37.3 Å². The molecule has 1 aliphatic heterocycles. The van der Waals surface area contributed by atoms with Gasteiger partial charge in [-0.1, -0.05) is 11.8 Å². The number of nitrogens with zero attached hydrogens (tertiary/aromatic N) is 2. The molecule has 3 aromatic rings. The second-order valence-electron chi connectivity index (χ2n) is 8.37. The first-order chi connectivity index (χ1) is 17.7. The SMILES string of the molecule is Cc1cc(Sc2cc(CN3CCOCC3)cc(Oc3ncccc3C(F)(F)F)c2)ccc1OCC(=O)O. The molecule has 1 fully saturated rings. The monoisotopic (exact) mass is 534 g/mol. The Morgan fingerprint density at radius 3 is 2.62 bits per heavy atom. The van der Waals surface area contributed by atoms with Gasteiger partial charge < -0.3 is 19.3 Å². The molecule has 1 N–H and O–H groups in total. The lowest BCUT2D eigenvalue weighted by atomic mass is 10.2. The topological polar surface area (TPSA) is 81.1 Å². The van der Waals surface area contributed by atoms with E-state index < -0.39 is 30.2 Å². The maximum absolute atomic E-state index is 13.5. The van der Waals surface area contributed by atoms with Crippen molar-refractivity contribution in [2.75, 3.05) is 32.9 Å². The lowest BCUT2D eigenvalue weighted by molar-refractivity contribution is -0.140. The molecule has 11 heteroatoms. The number of rotatable bonds is 9. The Hall–Kier alpha value is -3.28. The Balaban J connectivity index is 1.61. The molecular weight excluding hydrogens is 509 g/mol. The van der Waals surface area contributed by atoms with Gasteiger partial charge >= 0.3 is 12.1 Å². The number of hydrogen-bond acceptors (Lipinski definition) is 7. The van der Waals surface area contributed by atoms with Crippen molar-refractivity contribution in [1.29, 1.82) is 0 Å². The Labute approximate surface area is 216 Å². The van der Waals surface area contributed by atoms with Crippen molar-refractivity contribution in [2.24, 2.45) is 0 Å². The predicted molar refractivity (Wildman–Crippen MR) is 130 cm³/mol. The molecule has 0 amide bonds. The van der Waals surface area contributed by atoms with Gasteiger partial charge in [-0.05, 0) is 66.6 Å². The summed E-state index contributed by atoms with van der Waals surface area (Å²) in [6.45, 7) is 4.71. The molecule has 0 saturated carbocycles. The summed E-state index contributed by atoms with van der Waals surface area (Å²) in [7, 11) is 0. The second-order valence-corrected chi connectivity index (χ2v) is 9.52. The molecular formula is C26H25F3N2O5S. The number of aliphatic carboxylic acids is 1. The van der Waals surface area contributed by atoms with Crippen LogP contribution in [0.1, 0.15) is 16.7 Å². The maximum atomic E-state index is 13.5. The molecule has 2 aromatic carbocycles. The Kier molecular flexibility index (Phi) is 8.57. The maximum Gasteiger partial charge on any atom is 0.421 e. The third-order valence-electron chi connectivity index (χ3n) is 5.47. The van der Waals surface area contributed by atoms with E-state index in [-0.39, 0.29) is 5.75 Å². The first kappa shape index (κ1) is 26.8. The van der Waals surface area contributed by atoms with Gasteiger partial charge in [0.2, 0.25) is 5.88 Å². The Bertz CT molecular complexity index is 1250. The largest absolute Gasteiger partial charge is 0.482 e. The number of carboxylic acid groups (broad SMARTS) is 1. The summed E-state index contributed by atoms with van der Waals surface area (Å²) in [6, 6.07) is 12.9. The summed E-state index contributed by atoms with van der Waals surface area (Å²) in [5, 5.41) is 8.83. The van der Waals surface area contributed by atoms with E-state index in [2.05, 4.69) is 9.88 Å². The molecule has 0 unspecified atom stereocenters. The summed E-state index contributed by atoms with van der Waals surface area (Å²) in [6.07, 6.45) is -3.34. The molecule has 1 aliphatic rings. The van der Waals surface area contributed by atoms with Crippen LogP contribution in [-0.2, 0) is 22.3 Å². The highest BCUT2D eigenvalue weighted by Crippen LogP contribution is 2.39. The number of carbonyl (C=O) groups is 1. The van der Waals surface area contributed by atoms with Crippen molar-refractivity contribution in [1.82, 2.24) is 9.88 Å². The third-order valence-corrected chi connectivity index (χ3v) is 6.44. The van der Waals surface area contributed by atoms with E-state index >= 15 is 0 Å². The first-order valence-corrected chi connectivity index (χ1v) is 12.3. The smallest absolute Gasteiger partial charge is 0.421 e. The zero-order valence-electron chi connectivity index (χ0n) is 20.0. The number of alkyl halides is 3. The minimum Gasteiger partial charge on any atom is -0.482 e. The molecule has 2 heterocycles. The molecule has 7 nitrogen and oxygen atoms in total. The molecule has 1 saturated heterocycles. The molecule has 0 spiro atoms. The number of benzene rings is 2. The van der Waals surface area contributed by atoms with E-state index in [1.165, 1.54) is 24.0 Å². The Morgan fingerprint density at radius 2 is 1.92 bits per heavy atom. The van der Waals surface area contributed by atoms with Crippen molar-refractivity contribution in [2.45, 2.75) is 29.4 Å². The van der Waals surface area contributed by atoms with Crippen molar-refractivity contribution in [3.8, 4) is 17.4 Å². The van der Waals surface area contributed by atoms with Crippen LogP contribution in [0.3, 0.4) is 0 Å². The van der Waals surface area contributed by atoms with Crippen LogP contribution in [0.15, 0.2) is 64.5 Å². The van der Waals surface area contributed by atoms with E-state index in [1.807, 2.05) is 19.1 Å². The zero-order chi connectivity index (χ0) is 26.4. The van der Waals surface area contributed by atoms with Gasteiger partial charge in [0.05, 0.1) is 13.2 Å². The molecule has 0 atom stereocenters. The van der Waals surface area contributed by atoms with Gasteiger partial charge in [-0.2, -0.15) is 13.2 Å². The fraction of sp³-hybridized carbons (Fsp3) is 0.308. The number of pyridine rings is 1. The summed E-state index contributed by atoms with van der Waals surface area (Å²) >= 11 is 1.41. The molecule has 4 rings (SSSR count). The van der Waals surface area contributed by atoms with Gasteiger partial charge in [0, 0.05) is 35.6 Å². The number of aryl methyl sites for hydroxylation is 1. The van der Waals surface area contributed by atoms with Crippen LogP contribution in [-0.4, -0.2) is 53.9 Å². The van der Waals surface area contributed by atoms with Gasteiger partial charge in [0.25, 0.3) is 0 Å². The molecule has 1 aromatic heterocycles. The highest BCUT2D eigenvalue weighted by molar-refractivity contribution is 7.99. The number of aromatic nitrogens is 1. The van der Waals surface area contributed by atoms with Gasteiger partial charge in [0.1, 0.15) is 17.1 Å². The van der Waals surface area contributed by atoms with Crippen LogP contribution in [0.25, 0.3) is 0 Å². The quantitative estimate of drug-likeness (QED) is 0.377. The van der Waals surface area contributed by atoms with Crippen LogP contribution >= 0.6 is 11.8 Å². The predicted octanol–water partition coefficient (Wildman–Crippen LogP) is 5.65. The van der Waals surface area contributed by atoms with Crippen molar-refractivity contribution in [3.05, 3.63) is 71.4 Å². The van der Waals surface area contributed by atoms with Crippen molar-refractivity contribution in [3.63, 3.8) is 0 Å². The normalized spacial score (nSPS) is 14.4. The number of halogens is 3. The van der Waals surface area contributed by atoms with Crippen molar-refractivity contribution >= 4 is 17.7 Å². The minimum absolute atomic E-state index is 0.246. The summed E-state index contributed by atoms with van der Waals surface area (Å²) in [5.41, 5.74) is 0.690. The molecule has 196 valence electrons. The van der Waals surface area contributed by atoms with Gasteiger partial charge in [0.15, 0.2) is 6.61 Å². The highest BCUT2D eigenvalue weighted by Gasteiger charge is 2.35. The van der Waals surface area contributed by atoms with Crippen LogP contribution in [0.4, 0.5) is 13.2 Å². The van der Waals surface area contributed by atoms with Gasteiger partial charge in [-0.25, -0.2) is 9.78 Å². The molecule has 0 radical (unpaired) electrons. The van der Waals surface area contributed by atoms with E-state index in [0.717, 1.165) is 40.1 Å². The Morgan fingerprint density at radius 1 is 1.14 bits per heavy atom. The van der Waals surface area contributed by atoms with Gasteiger partial charge in [-0.15, -0.1) is 0 Å². The average Bonchev–Trinajstić information content (AvgIpc) is 2.83. The summed E-state index contributed by atoms with van der Waals surface area (Å²) in [4.78, 5) is 18.4. The average molecular weight is 535 g/mol. The second kappa shape index (κ2) is 11.8. The van der Waals surface area contributed by atoms with Crippen LogP contribution in [0.2, 0.25) is 0 Å².